The van der Waals surface area contributed by atoms with E-state index < -0.39 is 5.60 Å². The number of hydrogen-bond acceptors (Lipinski definition) is 2. The Labute approximate surface area is 145 Å². The minimum atomic E-state index is -1.13. The maximum atomic E-state index is 11.8. The maximum absolute atomic E-state index is 11.8. The summed E-state index contributed by atoms with van der Waals surface area (Å²) in [5.41, 5.74) is 0.944. The Morgan fingerprint density at radius 1 is 1.33 bits per heavy atom. The van der Waals surface area contributed by atoms with E-state index in [1.165, 1.54) is 5.57 Å². The van der Waals surface area contributed by atoms with Gasteiger partial charge in [-0.1, -0.05) is 25.0 Å². The first-order valence-electron chi connectivity index (χ1n) is 9.58. The highest BCUT2D eigenvalue weighted by Gasteiger charge is 2.64. The van der Waals surface area contributed by atoms with Crippen LogP contribution in [0.5, 0.6) is 0 Å². The molecule has 3 saturated carbocycles. The smallest absolute Gasteiger partial charge is 0.155 e. The third kappa shape index (κ3) is 1.85. The van der Waals surface area contributed by atoms with Crippen LogP contribution in [0.1, 0.15) is 58.3 Å². The van der Waals surface area contributed by atoms with Gasteiger partial charge in [0, 0.05) is 11.8 Å². The van der Waals surface area contributed by atoms with Crippen LogP contribution in [-0.4, -0.2) is 16.5 Å². The number of aliphatic hydroxyl groups is 1. The SMILES string of the molecule is C#C[C@]1(O)C(=C)CC2C3CCC4=CC(=O)CC[C@@H]4C3CC[C@@]21CC. The lowest BCUT2D eigenvalue weighted by Gasteiger charge is -2.55. The van der Waals surface area contributed by atoms with E-state index in [1.807, 2.05) is 6.08 Å². The first kappa shape index (κ1) is 16.2. The summed E-state index contributed by atoms with van der Waals surface area (Å²) in [6, 6.07) is 0. The fourth-order valence-electron chi connectivity index (χ4n) is 6.90. The summed E-state index contributed by atoms with van der Waals surface area (Å²) in [6.45, 7) is 6.36. The number of terminal acetylenes is 1. The van der Waals surface area contributed by atoms with E-state index in [1.54, 1.807) is 0 Å². The molecular formula is C22H28O2. The van der Waals surface area contributed by atoms with Gasteiger partial charge >= 0.3 is 0 Å². The molecule has 4 rings (SSSR count). The molecule has 0 spiro atoms. The van der Waals surface area contributed by atoms with Crippen molar-refractivity contribution in [1.29, 1.82) is 0 Å². The molecule has 4 aliphatic rings. The van der Waals surface area contributed by atoms with Crippen LogP contribution in [0.2, 0.25) is 0 Å². The topological polar surface area (TPSA) is 37.3 Å². The van der Waals surface area contributed by atoms with E-state index in [4.69, 9.17) is 6.42 Å². The van der Waals surface area contributed by atoms with Crippen LogP contribution >= 0.6 is 0 Å². The summed E-state index contributed by atoms with van der Waals surface area (Å²) in [4.78, 5) is 11.8. The van der Waals surface area contributed by atoms with Crippen molar-refractivity contribution in [3.05, 3.63) is 23.8 Å². The summed E-state index contributed by atoms with van der Waals surface area (Å²) >= 11 is 0. The summed E-state index contributed by atoms with van der Waals surface area (Å²) in [7, 11) is 0. The van der Waals surface area contributed by atoms with Crippen molar-refractivity contribution in [3.8, 4) is 12.3 Å². The Morgan fingerprint density at radius 3 is 2.83 bits per heavy atom. The molecule has 2 heteroatoms. The van der Waals surface area contributed by atoms with Crippen LogP contribution in [0.4, 0.5) is 0 Å². The van der Waals surface area contributed by atoms with E-state index in [9.17, 15) is 9.90 Å². The van der Waals surface area contributed by atoms with Crippen LogP contribution in [-0.2, 0) is 4.79 Å². The molecule has 0 aromatic rings. The molecule has 0 bridgehead atoms. The highest BCUT2D eigenvalue weighted by molar-refractivity contribution is 5.91. The van der Waals surface area contributed by atoms with Crippen molar-refractivity contribution < 1.29 is 9.90 Å². The Balaban J connectivity index is 1.71. The molecule has 6 atom stereocenters. The monoisotopic (exact) mass is 324 g/mol. The molecule has 2 nitrogen and oxygen atoms in total. The first-order valence-corrected chi connectivity index (χ1v) is 9.58. The highest BCUT2D eigenvalue weighted by atomic mass is 16.3. The molecule has 0 aromatic carbocycles. The molecule has 0 aliphatic heterocycles. The zero-order chi connectivity index (χ0) is 17.1. The molecule has 4 aliphatic carbocycles. The third-order valence-corrected chi connectivity index (χ3v) is 8.05. The zero-order valence-corrected chi connectivity index (χ0v) is 14.7. The van der Waals surface area contributed by atoms with Gasteiger partial charge in [0.05, 0.1) is 0 Å². The summed E-state index contributed by atoms with van der Waals surface area (Å²) < 4.78 is 0. The van der Waals surface area contributed by atoms with Crippen molar-refractivity contribution in [1.82, 2.24) is 0 Å². The van der Waals surface area contributed by atoms with Gasteiger partial charge in [-0.3, -0.25) is 4.79 Å². The van der Waals surface area contributed by atoms with Gasteiger partial charge in [-0.05, 0) is 80.3 Å². The Hall–Kier alpha value is -1.33. The lowest BCUT2D eigenvalue weighted by atomic mass is 9.49. The predicted molar refractivity (Wildman–Crippen MR) is 95.0 cm³/mol. The normalized spacial score (nSPS) is 47.3. The highest BCUT2D eigenvalue weighted by Crippen LogP contribution is 2.67. The van der Waals surface area contributed by atoms with Gasteiger partial charge in [0.25, 0.3) is 0 Å². The van der Waals surface area contributed by atoms with Crippen molar-refractivity contribution in [3.63, 3.8) is 0 Å². The number of allylic oxidation sites excluding steroid dienone is 1. The molecular weight excluding hydrogens is 296 g/mol. The fourth-order valence-corrected chi connectivity index (χ4v) is 6.90. The average Bonchev–Trinajstić information content (AvgIpc) is 2.83. The molecule has 128 valence electrons. The van der Waals surface area contributed by atoms with Gasteiger partial charge in [-0.2, -0.15) is 0 Å². The van der Waals surface area contributed by atoms with Gasteiger partial charge in [-0.25, -0.2) is 0 Å². The predicted octanol–water partition coefficient (Wildman–Crippen LogP) is 4.05. The standard InChI is InChI=1S/C22H28O2/c1-4-21-11-10-18-17-9-7-16(23)13-15(17)6-8-19(18)20(21)12-14(3)22(21,24)5-2/h2,13,17-20,24H,3-4,6-12H2,1H3/t17-,18?,19?,20?,21-,22-/m0/s1. The van der Waals surface area contributed by atoms with Crippen molar-refractivity contribution in [2.45, 2.75) is 63.9 Å². The van der Waals surface area contributed by atoms with E-state index in [0.717, 1.165) is 50.5 Å². The van der Waals surface area contributed by atoms with E-state index in [2.05, 4.69) is 19.4 Å². The van der Waals surface area contributed by atoms with Crippen LogP contribution < -0.4 is 0 Å². The third-order valence-electron chi connectivity index (χ3n) is 8.05. The quantitative estimate of drug-likeness (QED) is 0.583. The minimum Gasteiger partial charge on any atom is -0.373 e. The molecule has 0 aromatic heterocycles. The molecule has 0 radical (unpaired) electrons. The van der Waals surface area contributed by atoms with Gasteiger partial charge < -0.3 is 5.11 Å². The number of carbonyl (C=O) groups is 1. The van der Waals surface area contributed by atoms with Crippen LogP contribution in [0.25, 0.3) is 0 Å². The lowest BCUT2D eigenvalue weighted by Crippen LogP contribution is -2.53. The van der Waals surface area contributed by atoms with Gasteiger partial charge in [0.15, 0.2) is 11.4 Å². The van der Waals surface area contributed by atoms with Crippen molar-refractivity contribution in [2.24, 2.45) is 29.1 Å². The molecule has 0 amide bonds. The van der Waals surface area contributed by atoms with Crippen molar-refractivity contribution >= 4 is 5.78 Å². The second kappa shape index (κ2) is 5.33. The van der Waals surface area contributed by atoms with Crippen LogP contribution in [0.15, 0.2) is 23.8 Å². The molecule has 3 fully saturated rings. The Kier molecular flexibility index (Phi) is 3.59. The second-order valence-corrected chi connectivity index (χ2v) is 8.51. The Bertz CT molecular complexity index is 666. The molecule has 3 unspecified atom stereocenters. The lowest BCUT2D eigenvalue weighted by molar-refractivity contribution is -0.116. The average molecular weight is 324 g/mol. The van der Waals surface area contributed by atoms with Crippen molar-refractivity contribution in [2.75, 3.05) is 0 Å². The Morgan fingerprint density at radius 2 is 2.12 bits per heavy atom. The van der Waals surface area contributed by atoms with E-state index in [0.29, 0.717) is 35.9 Å². The zero-order valence-electron chi connectivity index (χ0n) is 14.7. The van der Waals surface area contributed by atoms with E-state index in [-0.39, 0.29) is 5.41 Å². The maximum Gasteiger partial charge on any atom is 0.155 e. The van der Waals surface area contributed by atoms with Crippen LogP contribution in [0.3, 0.4) is 0 Å². The first-order chi connectivity index (χ1) is 11.5. The van der Waals surface area contributed by atoms with Gasteiger partial charge in [0.1, 0.15) is 0 Å². The minimum absolute atomic E-state index is 0.189. The number of ketones is 1. The van der Waals surface area contributed by atoms with Crippen LogP contribution in [0, 0.1) is 41.4 Å². The summed E-state index contributed by atoms with van der Waals surface area (Å²) in [6.07, 6.45) is 15.6. The van der Waals surface area contributed by atoms with E-state index >= 15 is 0 Å². The molecule has 24 heavy (non-hydrogen) atoms. The van der Waals surface area contributed by atoms with Gasteiger partial charge in [0.2, 0.25) is 0 Å². The summed E-state index contributed by atoms with van der Waals surface area (Å²) in [5, 5.41) is 11.3. The number of carbonyl (C=O) groups excluding carboxylic acids is 1. The fraction of sp³-hybridized carbons (Fsp3) is 0.682. The molecule has 1 N–H and O–H groups in total. The largest absolute Gasteiger partial charge is 0.373 e. The number of fused-ring (bicyclic) bond motifs is 5. The summed E-state index contributed by atoms with van der Waals surface area (Å²) in [5.74, 6) is 5.37. The second-order valence-electron chi connectivity index (χ2n) is 8.51. The molecule has 0 saturated heterocycles. The number of hydrogen-bond donors (Lipinski definition) is 1. The van der Waals surface area contributed by atoms with Gasteiger partial charge in [-0.15, -0.1) is 6.42 Å². The number of rotatable bonds is 1. The molecule has 0 heterocycles.